The van der Waals surface area contributed by atoms with Crippen molar-refractivity contribution in [3.63, 3.8) is 0 Å². The van der Waals surface area contributed by atoms with Gasteiger partial charge in [0, 0.05) is 13.0 Å². The molecule has 0 aromatic carbocycles. The molecule has 22 heteroatoms. The first-order valence-electron chi connectivity index (χ1n) is 26.9. The van der Waals surface area contributed by atoms with Gasteiger partial charge in [0.1, 0.15) is 103 Å². The normalized spacial score (nSPS) is 52.3. The lowest BCUT2D eigenvalue weighted by atomic mass is 9.47. The third kappa shape index (κ3) is 10.2. The first-order valence-corrected chi connectivity index (χ1v) is 26.9. The fraction of sp³-hybridized carbons (Fsp3) is 0.923. The number of hydrogen-bond donors (Lipinski definition) is 12. The second-order valence-corrected chi connectivity index (χ2v) is 23.6. The molecule has 0 bridgehead atoms. The topological polar surface area (TPSA) is 335 Å². The van der Waals surface area contributed by atoms with Gasteiger partial charge in [-0.1, -0.05) is 32.4 Å². The molecule has 0 radical (unpaired) electrons. The Bertz CT molecular complexity index is 1980. The predicted molar refractivity (Wildman–Crippen MR) is 254 cm³/mol. The predicted octanol–water partition coefficient (Wildman–Crippen LogP) is -1.41. The Morgan fingerprint density at radius 3 is 1.88 bits per heavy atom. The number of rotatable bonds is 15. The minimum atomic E-state index is -1.74. The quantitative estimate of drug-likeness (QED) is 0.0839. The van der Waals surface area contributed by atoms with Crippen molar-refractivity contribution in [1.82, 2.24) is 0 Å². The van der Waals surface area contributed by atoms with Crippen molar-refractivity contribution < 1.29 is 109 Å². The molecule has 7 fully saturated rings. The summed E-state index contributed by atoms with van der Waals surface area (Å²) in [5.74, 6) is 2.26. The van der Waals surface area contributed by atoms with E-state index in [0.717, 1.165) is 37.9 Å². The van der Waals surface area contributed by atoms with Crippen LogP contribution in [-0.4, -0.2) is 229 Å². The summed E-state index contributed by atoms with van der Waals surface area (Å²) in [6, 6.07) is 0. The Kier molecular flexibility index (Phi) is 17.4. The summed E-state index contributed by atoms with van der Waals surface area (Å²) in [6.07, 6.45) is -20.7. The molecule has 0 amide bonds. The third-order valence-corrected chi connectivity index (χ3v) is 19.1. The van der Waals surface area contributed by atoms with E-state index < -0.39 is 142 Å². The zero-order valence-corrected chi connectivity index (χ0v) is 43.5. The van der Waals surface area contributed by atoms with Gasteiger partial charge < -0.3 is 109 Å². The molecule has 5 aliphatic heterocycles. The summed E-state index contributed by atoms with van der Waals surface area (Å²) in [5, 5.41) is 127. The molecule has 0 aromatic rings. The van der Waals surface area contributed by atoms with Crippen LogP contribution in [0.2, 0.25) is 0 Å². The van der Waals surface area contributed by atoms with E-state index in [1.165, 1.54) is 25.0 Å². The van der Waals surface area contributed by atoms with Gasteiger partial charge in [-0.3, -0.25) is 0 Å². The molecule has 12 N–H and O–H groups in total. The van der Waals surface area contributed by atoms with Gasteiger partial charge in [0.15, 0.2) is 25.2 Å². The summed E-state index contributed by atoms with van der Waals surface area (Å²) in [4.78, 5) is 0. The van der Waals surface area contributed by atoms with E-state index in [1.807, 2.05) is 6.92 Å². The monoisotopic (exact) mass is 1060 g/mol. The molecule has 9 aliphatic rings. The zero-order chi connectivity index (χ0) is 53.5. The lowest BCUT2D eigenvalue weighted by molar-refractivity contribution is -0.388. The minimum Gasteiger partial charge on any atom is -0.491 e. The van der Waals surface area contributed by atoms with Gasteiger partial charge in [0.2, 0.25) is 0 Å². The van der Waals surface area contributed by atoms with Crippen molar-refractivity contribution in [2.75, 3.05) is 26.9 Å². The highest BCUT2D eigenvalue weighted by Gasteiger charge is 2.64. The molecular formula is C52H84O22. The molecule has 74 heavy (non-hydrogen) atoms. The molecule has 3 unspecified atom stereocenters. The van der Waals surface area contributed by atoms with E-state index in [2.05, 4.69) is 26.8 Å². The molecule has 0 aromatic heterocycles. The second-order valence-electron chi connectivity index (χ2n) is 23.6. The van der Waals surface area contributed by atoms with Gasteiger partial charge in [-0.25, -0.2) is 0 Å². The van der Waals surface area contributed by atoms with Crippen LogP contribution in [0.5, 0.6) is 0 Å². The lowest BCUT2D eigenvalue weighted by Crippen LogP contribution is -2.66. The molecule has 22 nitrogen and oxygen atoms in total. The fourth-order valence-electron chi connectivity index (χ4n) is 14.8. The van der Waals surface area contributed by atoms with Crippen molar-refractivity contribution in [2.24, 2.45) is 40.4 Å². The lowest BCUT2D eigenvalue weighted by Gasteiger charge is -2.58. The van der Waals surface area contributed by atoms with Crippen LogP contribution in [0.25, 0.3) is 0 Å². The van der Waals surface area contributed by atoms with Crippen LogP contribution in [0.15, 0.2) is 23.0 Å². The Morgan fingerprint density at radius 2 is 1.26 bits per heavy atom. The second kappa shape index (κ2) is 22.5. The van der Waals surface area contributed by atoms with Crippen LogP contribution in [0, 0.1) is 40.4 Å². The summed E-state index contributed by atoms with van der Waals surface area (Å²) >= 11 is 0. The van der Waals surface area contributed by atoms with Crippen LogP contribution in [0.3, 0.4) is 0 Å². The molecule has 4 aliphatic carbocycles. The van der Waals surface area contributed by atoms with Gasteiger partial charge in [0.25, 0.3) is 0 Å². The fourth-order valence-corrected chi connectivity index (χ4v) is 14.8. The molecule has 5 heterocycles. The van der Waals surface area contributed by atoms with E-state index in [-0.39, 0.29) is 41.5 Å². The summed E-state index contributed by atoms with van der Waals surface area (Å²) < 4.78 is 61.1. The van der Waals surface area contributed by atoms with E-state index in [0.29, 0.717) is 37.0 Å². The maximum absolute atomic E-state index is 12.1. The molecule has 4 saturated heterocycles. The van der Waals surface area contributed by atoms with Crippen LogP contribution < -0.4 is 0 Å². The Morgan fingerprint density at radius 1 is 0.662 bits per heavy atom. The first-order chi connectivity index (χ1) is 35.1. The average Bonchev–Trinajstić information content (AvgIpc) is 3.88. The number of allylic oxidation sites excluding steroid dienone is 1. The highest BCUT2D eigenvalue weighted by Crippen LogP contribution is 2.69. The zero-order valence-electron chi connectivity index (χ0n) is 43.5. The largest absolute Gasteiger partial charge is 0.491 e. The minimum absolute atomic E-state index is 0.00312. The number of ether oxygens (including phenoxy) is 10. The standard InChI is InChI=1S/C52H84O22/c1-20(19-66-47-40(61)39(60)36(57)31(17-53)71-47)14-30(65-7)44-21(2)33-29(70-44)16-28-26-9-8-24-15-25(10-12-51(24,5)27(26)11-13-52(28,33)6)69-50-46(74-49-42(63)38(59)35(56)23(4)68-49)43(64)45(32(18-54)72-50)73-48-41(62)37(58)34(55)22(3)67-48/h8,20,22-23,25-43,45-50,53-64H,9-19H2,1-7H3/t20?,22-,23-,25-,26+,27?,28-,29-,30?,31+,32+,33-,34-,35-,36+,37+,38+,39-,40+,41+,42+,43-,45+,46+,47+,48-,49-,50+,51-,52-/m0/s1. The molecule has 3 saturated carbocycles. The number of aliphatic hydroxyl groups is 12. The van der Waals surface area contributed by atoms with Crippen molar-refractivity contribution >= 4 is 0 Å². The smallest absolute Gasteiger partial charge is 0.187 e. The maximum atomic E-state index is 12.1. The summed E-state index contributed by atoms with van der Waals surface area (Å²) in [6.45, 7) is 10.9. The number of aliphatic hydroxyl groups excluding tert-OH is 12. The van der Waals surface area contributed by atoms with Gasteiger partial charge in [-0.05, 0) is 112 Å². The van der Waals surface area contributed by atoms with Crippen LogP contribution in [0.1, 0.15) is 92.9 Å². The molecule has 424 valence electrons. The van der Waals surface area contributed by atoms with Crippen molar-refractivity contribution in [1.29, 1.82) is 0 Å². The van der Waals surface area contributed by atoms with Gasteiger partial charge in [-0.2, -0.15) is 0 Å². The van der Waals surface area contributed by atoms with Crippen LogP contribution >= 0.6 is 0 Å². The Hall–Kier alpha value is -1.56. The van der Waals surface area contributed by atoms with E-state index in [4.69, 9.17) is 47.4 Å². The summed E-state index contributed by atoms with van der Waals surface area (Å²) in [7, 11) is 1.67. The highest BCUT2D eigenvalue weighted by atomic mass is 16.8. The SMILES string of the molecule is COC(CC(C)CO[C@@H]1O[C@H](CO)[C@@H](O)[C@H](O)[C@H]1O)C1=C(C)[C@H]2[C@H](C[C@H]3[C@@H]4CC=C5C[C@@H](O[C@@H]6O[C@H](CO)[C@@H](O[C@@H]7O[C@@H](C)[C@H](O)[C@@H](O)[C@H]7O)[C@H](O)[C@H]6O[C@@H]6O[C@@H](C)[C@H](O)[C@@H](O)[C@H]6O)CC[C@]5(C)C4CC[C@@]32C)O1. The molecular weight excluding hydrogens is 977 g/mol. The molecule has 30 atom stereocenters. The maximum Gasteiger partial charge on any atom is 0.187 e. The Labute approximate surface area is 432 Å². The van der Waals surface area contributed by atoms with E-state index in [1.54, 1.807) is 7.11 Å². The highest BCUT2D eigenvalue weighted by molar-refractivity contribution is 5.31. The Balaban J connectivity index is 0.865. The van der Waals surface area contributed by atoms with E-state index in [9.17, 15) is 61.3 Å². The van der Waals surface area contributed by atoms with E-state index >= 15 is 0 Å². The number of hydrogen-bond acceptors (Lipinski definition) is 22. The van der Waals surface area contributed by atoms with Gasteiger partial charge >= 0.3 is 0 Å². The number of methoxy groups -OCH3 is 1. The van der Waals surface area contributed by atoms with Crippen molar-refractivity contribution in [3.8, 4) is 0 Å². The van der Waals surface area contributed by atoms with Gasteiger partial charge in [-0.15, -0.1) is 0 Å². The molecule has 9 rings (SSSR count). The van der Waals surface area contributed by atoms with Gasteiger partial charge in [0.05, 0.1) is 38.1 Å². The molecule has 0 spiro atoms. The van der Waals surface area contributed by atoms with Crippen molar-refractivity contribution in [3.05, 3.63) is 23.0 Å². The first kappa shape index (κ1) is 57.1. The summed E-state index contributed by atoms with van der Waals surface area (Å²) in [5.41, 5.74) is 2.37. The number of fused-ring (bicyclic) bond motifs is 7. The van der Waals surface area contributed by atoms with Crippen LogP contribution in [-0.2, 0) is 47.4 Å². The van der Waals surface area contributed by atoms with Crippen LogP contribution in [0.4, 0.5) is 0 Å². The average molecular weight is 1060 g/mol. The van der Waals surface area contributed by atoms with Crippen molar-refractivity contribution in [2.45, 2.75) is 234 Å². The third-order valence-electron chi connectivity index (χ3n) is 19.1.